The van der Waals surface area contributed by atoms with Gasteiger partial charge in [0.25, 0.3) is 5.91 Å². The number of piperidine rings is 1. The van der Waals surface area contributed by atoms with Crippen LogP contribution in [-0.2, 0) is 22.7 Å². The molecule has 6 rings (SSSR count). The minimum Gasteiger partial charge on any atom is -0.392 e. The Morgan fingerprint density at radius 1 is 1.14 bits per heavy atom. The summed E-state index contributed by atoms with van der Waals surface area (Å²) in [6.45, 7) is 6.14. The number of nitrogens with one attached hydrogen (secondary N) is 1. The van der Waals surface area contributed by atoms with Crippen molar-refractivity contribution in [3.8, 4) is 11.1 Å². The number of Topliss-reactive ketones (excluding diaryl/α,β-unsaturated/α-hetero) is 1. The molecule has 2 amide bonds. The van der Waals surface area contributed by atoms with Crippen molar-refractivity contribution in [3.05, 3.63) is 63.9 Å². The number of halogens is 1. The molecule has 0 bridgehead atoms. The Hall–Kier alpha value is -4.07. The molecule has 4 heterocycles. The molecule has 2 aliphatic rings. The normalized spacial score (nSPS) is 22.5. The number of anilines is 1. The number of benzene rings is 1. The third-order valence-corrected chi connectivity index (χ3v) is 8.97. The molecule has 4 atom stereocenters. The maximum Gasteiger partial charge on any atom is 0.251 e. The van der Waals surface area contributed by atoms with Gasteiger partial charge in [0, 0.05) is 47.3 Å². The molecule has 1 saturated carbocycles. The van der Waals surface area contributed by atoms with Gasteiger partial charge in [0.15, 0.2) is 5.78 Å². The van der Waals surface area contributed by atoms with Gasteiger partial charge < -0.3 is 20.4 Å². The summed E-state index contributed by atoms with van der Waals surface area (Å²) in [6, 6.07) is 5.60. The molecule has 2 fully saturated rings. The first kappa shape index (κ1) is 29.0. The molecule has 0 radical (unpaired) electrons. The number of pyridine rings is 1. The SMILES string of the molecule is CC(=O)c1nn(CC(=O)N2[C@H](C(=O)Nc3nc(Br)ccc3C)C(O)[C@@]3(C)C[C@@H]23)c2c(CO)cc(-c3cnc(C)nc3)cc12. The number of rotatable bonds is 7. The van der Waals surface area contributed by atoms with Crippen LogP contribution < -0.4 is 5.32 Å². The van der Waals surface area contributed by atoms with Gasteiger partial charge in [0.2, 0.25) is 5.91 Å². The Morgan fingerprint density at radius 3 is 2.53 bits per heavy atom. The van der Waals surface area contributed by atoms with E-state index in [1.54, 1.807) is 50.5 Å². The average molecular weight is 649 g/mol. The standard InChI is InChI=1S/C30H30BrN7O5/c1-14-5-6-22(31)34-28(14)35-29(43)26-27(42)30(4)9-21(30)38(26)23(41)12-37-25-18(13-39)7-17(19-10-32-16(3)33-11-19)8-20(25)24(36-37)15(2)40/h5-8,10-11,21,26-27,39,42H,9,12-13H2,1-4H3,(H,34,35,43)/t21-,26+,27?,30+/m1/s1. The van der Waals surface area contributed by atoms with Gasteiger partial charge in [-0.05, 0) is 65.5 Å². The lowest BCUT2D eigenvalue weighted by atomic mass is 9.97. The molecule has 3 aromatic heterocycles. The van der Waals surface area contributed by atoms with Gasteiger partial charge in [0.1, 0.15) is 34.5 Å². The van der Waals surface area contributed by atoms with Crippen molar-refractivity contribution in [2.24, 2.45) is 5.41 Å². The summed E-state index contributed by atoms with van der Waals surface area (Å²) < 4.78 is 1.93. The Bertz CT molecular complexity index is 1810. The van der Waals surface area contributed by atoms with Crippen LogP contribution in [0.25, 0.3) is 22.0 Å². The molecular weight excluding hydrogens is 618 g/mol. The van der Waals surface area contributed by atoms with Crippen molar-refractivity contribution in [2.75, 3.05) is 5.32 Å². The summed E-state index contributed by atoms with van der Waals surface area (Å²) in [5.41, 5.74) is 2.55. The zero-order valence-electron chi connectivity index (χ0n) is 24.0. The van der Waals surface area contributed by atoms with Crippen LogP contribution in [0.3, 0.4) is 0 Å². The number of amides is 2. The second-order valence-electron chi connectivity index (χ2n) is 11.5. The summed E-state index contributed by atoms with van der Waals surface area (Å²) in [5.74, 6) is -0.353. The highest BCUT2D eigenvalue weighted by atomic mass is 79.9. The second kappa shape index (κ2) is 10.6. The monoisotopic (exact) mass is 647 g/mol. The highest BCUT2D eigenvalue weighted by molar-refractivity contribution is 9.10. The first-order valence-corrected chi connectivity index (χ1v) is 14.6. The fourth-order valence-electron chi connectivity index (χ4n) is 6.04. The molecule has 222 valence electrons. The van der Waals surface area contributed by atoms with Crippen molar-refractivity contribution in [2.45, 2.75) is 65.5 Å². The smallest absolute Gasteiger partial charge is 0.251 e. The quantitative estimate of drug-likeness (QED) is 0.202. The Kier molecular flexibility index (Phi) is 7.14. The van der Waals surface area contributed by atoms with E-state index in [1.807, 2.05) is 6.92 Å². The number of hydrogen-bond donors (Lipinski definition) is 3. The zero-order valence-corrected chi connectivity index (χ0v) is 25.6. The predicted molar refractivity (Wildman–Crippen MR) is 160 cm³/mol. The molecular formula is C30H30BrN7O5. The van der Waals surface area contributed by atoms with E-state index in [2.05, 4.69) is 41.3 Å². The van der Waals surface area contributed by atoms with Crippen LogP contribution in [-0.4, -0.2) is 75.6 Å². The number of fused-ring (bicyclic) bond motifs is 2. The van der Waals surface area contributed by atoms with E-state index in [9.17, 15) is 24.6 Å². The number of aliphatic hydroxyl groups is 2. The van der Waals surface area contributed by atoms with Crippen LogP contribution in [0.2, 0.25) is 0 Å². The lowest BCUT2D eigenvalue weighted by Gasteiger charge is -2.29. The molecule has 3 N–H and O–H groups in total. The van der Waals surface area contributed by atoms with Gasteiger partial charge in [0.05, 0.1) is 18.2 Å². The Labute approximate surface area is 255 Å². The van der Waals surface area contributed by atoms with Crippen molar-refractivity contribution in [1.82, 2.24) is 29.6 Å². The average Bonchev–Trinajstić information content (AvgIpc) is 3.43. The molecule has 1 aliphatic carbocycles. The molecule has 1 saturated heterocycles. The topological polar surface area (TPSA) is 163 Å². The van der Waals surface area contributed by atoms with E-state index in [4.69, 9.17) is 0 Å². The Morgan fingerprint density at radius 2 is 1.86 bits per heavy atom. The summed E-state index contributed by atoms with van der Waals surface area (Å²) >= 11 is 3.31. The van der Waals surface area contributed by atoms with Crippen LogP contribution in [0, 0.1) is 19.3 Å². The molecule has 1 unspecified atom stereocenters. The van der Waals surface area contributed by atoms with E-state index in [-0.39, 0.29) is 30.7 Å². The van der Waals surface area contributed by atoms with Crippen LogP contribution in [0.5, 0.6) is 0 Å². The third-order valence-electron chi connectivity index (χ3n) is 8.53. The number of likely N-dealkylation sites (tertiary alicyclic amines) is 1. The van der Waals surface area contributed by atoms with Gasteiger partial charge in [-0.15, -0.1) is 0 Å². The van der Waals surface area contributed by atoms with Gasteiger partial charge in [-0.25, -0.2) is 15.0 Å². The largest absolute Gasteiger partial charge is 0.392 e. The summed E-state index contributed by atoms with van der Waals surface area (Å²) in [7, 11) is 0. The molecule has 4 aromatic rings. The van der Waals surface area contributed by atoms with Gasteiger partial charge >= 0.3 is 0 Å². The van der Waals surface area contributed by atoms with E-state index in [0.717, 1.165) is 5.56 Å². The van der Waals surface area contributed by atoms with Crippen LogP contribution in [0.15, 0.2) is 41.3 Å². The number of aliphatic hydroxyl groups excluding tert-OH is 2. The molecule has 0 spiro atoms. The van der Waals surface area contributed by atoms with Crippen LogP contribution in [0.4, 0.5) is 5.82 Å². The number of nitrogens with zero attached hydrogens (tertiary/aromatic N) is 6. The van der Waals surface area contributed by atoms with Crippen molar-refractivity contribution in [1.29, 1.82) is 0 Å². The number of carbonyl (C=O) groups is 3. The number of aryl methyl sites for hydroxylation is 2. The second-order valence-corrected chi connectivity index (χ2v) is 12.3. The minimum atomic E-state index is -1.14. The first-order chi connectivity index (χ1) is 20.4. The van der Waals surface area contributed by atoms with E-state index in [1.165, 1.54) is 16.5 Å². The van der Waals surface area contributed by atoms with E-state index in [0.29, 0.717) is 50.3 Å². The number of carbonyl (C=O) groups excluding carboxylic acids is 3. The summed E-state index contributed by atoms with van der Waals surface area (Å²) in [4.78, 5) is 54.4. The molecule has 1 aliphatic heterocycles. The fraction of sp³-hybridized carbons (Fsp3) is 0.367. The zero-order chi connectivity index (χ0) is 30.8. The fourth-order valence-corrected chi connectivity index (χ4v) is 6.35. The third kappa shape index (κ3) is 4.90. The Balaban J connectivity index is 1.36. The number of aromatic nitrogens is 5. The van der Waals surface area contributed by atoms with Crippen LogP contribution in [0.1, 0.15) is 47.7 Å². The highest BCUT2D eigenvalue weighted by Gasteiger charge is 2.70. The first-order valence-electron chi connectivity index (χ1n) is 13.8. The molecule has 12 nitrogen and oxygen atoms in total. The van der Waals surface area contributed by atoms with Gasteiger partial charge in [-0.2, -0.15) is 5.10 Å². The van der Waals surface area contributed by atoms with Crippen LogP contribution >= 0.6 is 15.9 Å². The van der Waals surface area contributed by atoms with E-state index < -0.39 is 29.4 Å². The van der Waals surface area contributed by atoms with Crippen molar-refractivity contribution >= 4 is 50.2 Å². The maximum atomic E-state index is 14.0. The van der Waals surface area contributed by atoms with Crippen molar-refractivity contribution in [3.63, 3.8) is 0 Å². The van der Waals surface area contributed by atoms with Crippen molar-refractivity contribution < 1.29 is 24.6 Å². The lowest BCUT2D eigenvalue weighted by molar-refractivity contribution is -0.141. The van der Waals surface area contributed by atoms with E-state index >= 15 is 0 Å². The highest BCUT2D eigenvalue weighted by Crippen LogP contribution is 2.59. The summed E-state index contributed by atoms with van der Waals surface area (Å²) in [6.07, 6.45) is 2.80. The van der Waals surface area contributed by atoms with Gasteiger partial charge in [-0.1, -0.05) is 13.0 Å². The maximum absolute atomic E-state index is 14.0. The van der Waals surface area contributed by atoms with Gasteiger partial charge in [-0.3, -0.25) is 19.1 Å². The summed E-state index contributed by atoms with van der Waals surface area (Å²) in [5, 5.41) is 29.3. The molecule has 13 heteroatoms. The molecule has 43 heavy (non-hydrogen) atoms. The number of ketones is 1. The minimum absolute atomic E-state index is 0.149. The predicted octanol–water partition coefficient (Wildman–Crippen LogP) is 2.95. The molecule has 1 aromatic carbocycles. The lowest BCUT2D eigenvalue weighted by Crippen LogP contribution is -2.51. The number of hydrogen-bond acceptors (Lipinski definition) is 9.